The van der Waals surface area contributed by atoms with Gasteiger partial charge in [0.2, 0.25) is 5.95 Å². The van der Waals surface area contributed by atoms with Crippen molar-refractivity contribution in [2.24, 2.45) is 0 Å². The molecule has 0 bridgehead atoms. The maximum atomic E-state index is 6.38. The largest absolute Gasteiger partial charge is 0.456 e. The minimum atomic E-state index is -0.239. The topological polar surface area (TPSA) is 56.7 Å². The summed E-state index contributed by atoms with van der Waals surface area (Å²) >= 11 is 0. The molecule has 5 nitrogen and oxygen atoms in total. The van der Waals surface area contributed by atoms with Crippen LogP contribution in [-0.2, 0) is 5.41 Å². The maximum absolute atomic E-state index is 6.38. The first kappa shape index (κ1) is 26.2. The molecule has 3 aromatic heterocycles. The van der Waals surface area contributed by atoms with Gasteiger partial charge in [-0.2, -0.15) is 9.97 Å². The van der Waals surface area contributed by atoms with Crippen LogP contribution in [0.15, 0.2) is 138 Å². The molecule has 1 aliphatic rings. The fourth-order valence-corrected chi connectivity index (χ4v) is 7.60. The van der Waals surface area contributed by atoms with Crippen LogP contribution in [-0.4, -0.2) is 19.5 Å². The summed E-state index contributed by atoms with van der Waals surface area (Å²) in [6, 6.07) is 46.4. The van der Waals surface area contributed by atoms with Crippen molar-refractivity contribution >= 4 is 43.7 Å². The molecule has 9 aromatic rings. The van der Waals surface area contributed by atoms with Gasteiger partial charge in [-0.3, -0.25) is 4.57 Å². The summed E-state index contributed by atoms with van der Waals surface area (Å²) in [6.45, 7) is 4.63. The van der Waals surface area contributed by atoms with Gasteiger partial charge >= 0.3 is 0 Å². The predicted octanol–water partition coefficient (Wildman–Crippen LogP) is 10.5. The van der Waals surface area contributed by atoms with E-state index in [1.807, 2.05) is 48.5 Å². The molecule has 0 atom stereocenters. The standard InChI is InChI=1S/C42H28N4O/c1-42(2)32-22-21-29-27-17-9-11-19-34(27)46(38(29)37(32)31-23-30-28-18-10-12-20-35(28)47-36(30)24-33(31)42)41-44-39(25-13-5-3-6-14-25)43-40(45-41)26-15-7-4-8-16-26/h3-24H,1-2H3. The van der Waals surface area contributed by atoms with Crippen molar-refractivity contribution in [1.82, 2.24) is 19.5 Å². The molecule has 0 spiro atoms. The number of hydrogen-bond acceptors (Lipinski definition) is 4. The highest BCUT2D eigenvalue weighted by Gasteiger charge is 2.39. The molecular weight excluding hydrogens is 576 g/mol. The normalized spacial score (nSPS) is 13.5. The summed E-state index contributed by atoms with van der Waals surface area (Å²) in [6.07, 6.45) is 0. The third kappa shape index (κ3) is 3.68. The third-order valence-corrected chi connectivity index (χ3v) is 9.86. The number of benzene rings is 6. The zero-order valence-electron chi connectivity index (χ0n) is 25.9. The highest BCUT2D eigenvalue weighted by atomic mass is 16.3. The van der Waals surface area contributed by atoms with E-state index >= 15 is 0 Å². The molecule has 0 fully saturated rings. The number of aromatic nitrogens is 4. The summed E-state index contributed by atoms with van der Waals surface area (Å²) in [4.78, 5) is 15.4. The van der Waals surface area contributed by atoms with Crippen LogP contribution in [0.5, 0.6) is 0 Å². The van der Waals surface area contributed by atoms with Crippen molar-refractivity contribution < 1.29 is 4.42 Å². The van der Waals surface area contributed by atoms with E-state index in [0.717, 1.165) is 49.5 Å². The molecule has 10 rings (SSSR count). The van der Waals surface area contributed by atoms with Crippen LogP contribution < -0.4 is 0 Å². The maximum Gasteiger partial charge on any atom is 0.238 e. The van der Waals surface area contributed by atoms with E-state index in [0.29, 0.717) is 17.6 Å². The SMILES string of the molecule is CC1(C)c2cc3oc4ccccc4c3cc2-c2c1ccc1c3ccccc3n(-c3nc(-c4ccccc4)nc(-c4ccccc4)n3)c21. The zero-order chi connectivity index (χ0) is 31.3. The summed E-state index contributed by atoms with van der Waals surface area (Å²) in [5, 5.41) is 4.58. The van der Waals surface area contributed by atoms with Crippen molar-refractivity contribution in [2.75, 3.05) is 0 Å². The molecule has 222 valence electrons. The average Bonchev–Trinajstić information content (AvgIpc) is 3.73. The Hall–Kier alpha value is -6.07. The molecule has 47 heavy (non-hydrogen) atoms. The van der Waals surface area contributed by atoms with Crippen molar-refractivity contribution in [3.05, 3.63) is 145 Å². The number of rotatable bonds is 3. The minimum Gasteiger partial charge on any atom is -0.456 e. The second kappa shape index (κ2) is 9.47. The first-order valence-corrected chi connectivity index (χ1v) is 16.0. The molecule has 0 radical (unpaired) electrons. The third-order valence-electron chi connectivity index (χ3n) is 9.86. The zero-order valence-corrected chi connectivity index (χ0v) is 25.9. The second-order valence-corrected chi connectivity index (χ2v) is 12.9. The van der Waals surface area contributed by atoms with E-state index in [1.165, 1.54) is 27.6 Å². The Morgan fingerprint density at radius 2 is 1.17 bits per heavy atom. The quantitative estimate of drug-likeness (QED) is 0.201. The Morgan fingerprint density at radius 1 is 0.532 bits per heavy atom. The van der Waals surface area contributed by atoms with E-state index in [2.05, 4.69) is 103 Å². The molecule has 0 aliphatic heterocycles. The lowest BCUT2D eigenvalue weighted by Gasteiger charge is -2.21. The van der Waals surface area contributed by atoms with Gasteiger partial charge in [0.25, 0.3) is 0 Å². The molecule has 0 saturated heterocycles. The van der Waals surface area contributed by atoms with E-state index in [9.17, 15) is 0 Å². The van der Waals surface area contributed by atoms with E-state index in [-0.39, 0.29) is 5.41 Å². The fourth-order valence-electron chi connectivity index (χ4n) is 7.60. The van der Waals surface area contributed by atoms with Gasteiger partial charge in [-0.1, -0.05) is 123 Å². The van der Waals surface area contributed by atoms with Gasteiger partial charge in [-0.05, 0) is 41.0 Å². The molecule has 5 heteroatoms. The van der Waals surface area contributed by atoms with Crippen molar-refractivity contribution in [2.45, 2.75) is 19.3 Å². The minimum absolute atomic E-state index is 0.239. The molecule has 1 aliphatic carbocycles. The molecule has 0 amide bonds. The van der Waals surface area contributed by atoms with Crippen LogP contribution in [0.25, 0.3) is 83.6 Å². The number of furan rings is 1. The van der Waals surface area contributed by atoms with Crippen LogP contribution in [0.4, 0.5) is 0 Å². The van der Waals surface area contributed by atoms with Crippen LogP contribution in [0.1, 0.15) is 25.0 Å². The number of fused-ring (bicyclic) bond motifs is 10. The first-order chi connectivity index (χ1) is 23.1. The van der Waals surface area contributed by atoms with Crippen LogP contribution >= 0.6 is 0 Å². The molecule has 0 unspecified atom stereocenters. The highest BCUT2D eigenvalue weighted by Crippen LogP contribution is 2.54. The van der Waals surface area contributed by atoms with E-state index in [1.54, 1.807) is 0 Å². The monoisotopic (exact) mass is 604 g/mol. The van der Waals surface area contributed by atoms with Gasteiger partial charge < -0.3 is 4.42 Å². The van der Waals surface area contributed by atoms with Gasteiger partial charge in [0, 0.05) is 43.7 Å². The Balaban J connectivity index is 1.35. The van der Waals surface area contributed by atoms with Crippen LogP contribution in [0.3, 0.4) is 0 Å². The first-order valence-electron chi connectivity index (χ1n) is 16.0. The van der Waals surface area contributed by atoms with Gasteiger partial charge in [-0.15, -0.1) is 0 Å². The number of para-hydroxylation sites is 2. The lowest BCUT2D eigenvalue weighted by atomic mass is 9.82. The summed E-state index contributed by atoms with van der Waals surface area (Å²) in [7, 11) is 0. The lowest BCUT2D eigenvalue weighted by Crippen LogP contribution is -2.15. The Morgan fingerprint density at radius 3 is 1.89 bits per heavy atom. The van der Waals surface area contributed by atoms with Gasteiger partial charge in [0.15, 0.2) is 11.6 Å². The molecule has 3 heterocycles. The number of nitrogens with zero attached hydrogens (tertiary/aromatic N) is 4. The lowest BCUT2D eigenvalue weighted by molar-refractivity contribution is 0.647. The summed E-state index contributed by atoms with van der Waals surface area (Å²) < 4.78 is 8.63. The Kier molecular flexibility index (Phi) is 5.28. The molecule has 6 aromatic carbocycles. The summed E-state index contributed by atoms with van der Waals surface area (Å²) in [5.41, 5.74) is 10.6. The Bertz CT molecular complexity index is 2640. The average molecular weight is 605 g/mol. The van der Waals surface area contributed by atoms with Gasteiger partial charge in [0.05, 0.1) is 11.0 Å². The number of hydrogen-bond donors (Lipinski definition) is 0. The van der Waals surface area contributed by atoms with Gasteiger partial charge in [0.1, 0.15) is 11.2 Å². The fraction of sp³-hybridized carbons (Fsp3) is 0.0714. The molecular formula is C42H28N4O. The van der Waals surface area contributed by atoms with E-state index in [4.69, 9.17) is 19.4 Å². The van der Waals surface area contributed by atoms with Crippen LogP contribution in [0.2, 0.25) is 0 Å². The smallest absolute Gasteiger partial charge is 0.238 e. The second-order valence-electron chi connectivity index (χ2n) is 12.9. The van der Waals surface area contributed by atoms with Gasteiger partial charge in [-0.25, -0.2) is 4.98 Å². The predicted molar refractivity (Wildman–Crippen MR) is 190 cm³/mol. The van der Waals surface area contributed by atoms with Crippen molar-refractivity contribution in [1.29, 1.82) is 0 Å². The van der Waals surface area contributed by atoms with E-state index < -0.39 is 0 Å². The van der Waals surface area contributed by atoms with Crippen molar-refractivity contribution in [3.8, 4) is 39.9 Å². The summed E-state index contributed by atoms with van der Waals surface area (Å²) in [5.74, 6) is 1.87. The van der Waals surface area contributed by atoms with Crippen LogP contribution in [0, 0.1) is 0 Å². The highest BCUT2D eigenvalue weighted by molar-refractivity contribution is 6.17. The Labute approximate surface area is 270 Å². The van der Waals surface area contributed by atoms with Crippen molar-refractivity contribution in [3.63, 3.8) is 0 Å². The molecule has 0 saturated carbocycles. The molecule has 0 N–H and O–H groups in total.